The predicted octanol–water partition coefficient (Wildman–Crippen LogP) is 3.63. The highest BCUT2D eigenvalue weighted by Crippen LogP contribution is 2.42. The minimum Gasteiger partial charge on any atom is -0.469 e. The van der Waals surface area contributed by atoms with E-state index in [1.54, 1.807) is 0 Å². The van der Waals surface area contributed by atoms with Gasteiger partial charge in [0.15, 0.2) is 0 Å². The molecule has 0 amide bonds. The fourth-order valence-electron chi connectivity index (χ4n) is 3.70. The Labute approximate surface area is 141 Å². The van der Waals surface area contributed by atoms with Gasteiger partial charge in [0.2, 0.25) is 0 Å². The standard InChI is InChI=1S/C16H20INO2.CH4/c1-9-3-4-10(7-13(9)17)12-8-11-5-6-14(18-11)15(12)16(19)20-2;/h3-4,7,11-12,14-15,18H,5-6,8H2,1-2H3;1H4/t11-,12-,14?,15?;/m1./s1. The Balaban J connectivity index is 0.00000161. The number of hydrogen-bond donors (Lipinski definition) is 1. The largest absolute Gasteiger partial charge is 0.469 e. The van der Waals surface area contributed by atoms with Crippen molar-refractivity contribution in [1.29, 1.82) is 0 Å². The Morgan fingerprint density at radius 3 is 2.81 bits per heavy atom. The Morgan fingerprint density at radius 1 is 1.38 bits per heavy atom. The highest BCUT2D eigenvalue weighted by molar-refractivity contribution is 14.1. The third kappa shape index (κ3) is 3.11. The first-order valence-corrected chi connectivity index (χ1v) is 8.28. The Morgan fingerprint density at radius 2 is 2.14 bits per heavy atom. The van der Waals surface area contributed by atoms with E-state index in [1.165, 1.54) is 28.2 Å². The zero-order chi connectivity index (χ0) is 14.3. The van der Waals surface area contributed by atoms with Crippen LogP contribution in [0.25, 0.3) is 0 Å². The number of nitrogens with one attached hydrogen (secondary N) is 1. The van der Waals surface area contributed by atoms with Crippen LogP contribution in [0.4, 0.5) is 0 Å². The van der Waals surface area contributed by atoms with Crippen molar-refractivity contribution in [3.8, 4) is 0 Å². The van der Waals surface area contributed by atoms with E-state index in [1.807, 2.05) is 0 Å². The Kier molecular flexibility index (Phi) is 5.30. The molecule has 2 unspecified atom stereocenters. The second-order valence-corrected chi connectivity index (χ2v) is 7.11. The van der Waals surface area contributed by atoms with E-state index in [0.717, 1.165) is 12.8 Å². The third-order valence-electron chi connectivity index (χ3n) is 4.78. The summed E-state index contributed by atoms with van der Waals surface area (Å²) in [7, 11) is 1.50. The van der Waals surface area contributed by atoms with Crippen LogP contribution in [0.3, 0.4) is 0 Å². The second kappa shape index (κ2) is 6.65. The molecule has 4 atom stereocenters. The number of hydrogen-bond acceptors (Lipinski definition) is 3. The van der Waals surface area contributed by atoms with Crippen molar-refractivity contribution in [2.24, 2.45) is 5.92 Å². The summed E-state index contributed by atoms with van der Waals surface area (Å²) in [6, 6.07) is 7.43. The van der Waals surface area contributed by atoms with Gasteiger partial charge in [0.05, 0.1) is 13.0 Å². The minimum atomic E-state index is -0.0663. The van der Waals surface area contributed by atoms with Crippen molar-refractivity contribution in [2.45, 2.75) is 51.6 Å². The van der Waals surface area contributed by atoms with Crippen LogP contribution in [0.1, 0.15) is 43.7 Å². The molecule has 0 aromatic heterocycles. The zero-order valence-electron chi connectivity index (χ0n) is 11.9. The van der Waals surface area contributed by atoms with E-state index in [2.05, 4.69) is 53.0 Å². The lowest BCUT2D eigenvalue weighted by Gasteiger charge is -2.36. The molecule has 4 heteroatoms. The molecule has 3 nitrogen and oxygen atoms in total. The van der Waals surface area contributed by atoms with Gasteiger partial charge >= 0.3 is 5.97 Å². The van der Waals surface area contributed by atoms with E-state index in [-0.39, 0.29) is 31.3 Å². The molecule has 21 heavy (non-hydrogen) atoms. The molecular formula is C17H24INO2. The molecule has 2 bridgehead atoms. The molecular weight excluding hydrogens is 377 g/mol. The number of carbonyl (C=O) groups is 1. The predicted molar refractivity (Wildman–Crippen MR) is 93.4 cm³/mol. The summed E-state index contributed by atoms with van der Waals surface area (Å²) in [5.74, 6) is 0.177. The van der Waals surface area contributed by atoms with Crippen LogP contribution in [0.15, 0.2) is 18.2 Å². The third-order valence-corrected chi connectivity index (χ3v) is 5.94. The number of rotatable bonds is 2. The highest BCUT2D eigenvalue weighted by atomic mass is 127. The number of methoxy groups -OCH3 is 1. The first kappa shape index (κ1) is 16.7. The quantitative estimate of drug-likeness (QED) is 0.608. The summed E-state index contributed by atoms with van der Waals surface area (Å²) < 4.78 is 6.34. The van der Waals surface area contributed by atoms with Gasteiger partial charge in [-0.3, -0.25) is 4.79 Å². The summed E-state index contributed by atoms with van der Waals surface area (Å²) in [5, 5.41) is 3.58. The van der Waals surface area contributed by atoms with E-state index >= 15 is 0 Å². The summed E-state index contributed by atoms with van der Waals surface area (Å²) in [4.78, 5) is 12.2. The Hall–Kier alpha value is -0.620. The lowest BCUT2D eigenvalue weighted by molar-refractivity contribution is -0.148. The maximum absolute atomic E-state index is 12.2. The van der Waals surface area contributed by atoms with Crippen LogP contribution in [0.2, 0.25) is 0 Å². The molecule has 2 fully saturated rings. The number of piperidine rings is 1. The molecule has 1 aromatic rings. The molecule has 2 aliphatic heterocycles. The van der Waals surface area contributed by atoms with Crippen molar-refractivity contribution in [3.05, 3.63) is 32.9 Å². The average Bonchev–Trinajstić information content (AvgIpc) is 2.82. The summed E-state index contributed by atoms with van der Waals surface area (Å²) in [6.07, 6.45) is 3.30. The van der Waals surface area contributed by atoms with Crippen molar-refractivity contribution in [3.63, 3.8) is 0 Å². The van der Waals surface area contributed by atoms with Gasteiger partial charge in [0.1, 0.15) is 0 Å². The van der Waals surface area contributed by atoms with Crippen molar-refractivity contribution < 1.29 is 9.53 Å². The van der Waals surface area contributed by atoms with Crippen LogP contribution in [-0.2, 0) is 9.53 Å². The molecule has 0 saturated carbocycles. The highest BCUT2D eigenvalue weighted by Gasteiger charge is 2.46. The van der Waals surface area contributed by atoms with Crippen LogP contribution in [-0.4, -0.2) is 25.2 Å². The van der Waals surface area contributed by atoms with E-state index in [4.69, 9.17) is 4.74 Å². The number of carbonyl (C=O) groups excluding carboxylic acids is 1. The van der Waals surface area contributed by atoms with Crippen LogP contribution in [0.5, 0.6) is 0 Å². The summed E-state index contributed by atoms with van der Waals surface area (Å²) in [5.41, 5.74) is 2.58. The number of ether oxygens (including phenoxy) is 1. The Bertz CT molecular complexity index is 532. The maximum atomic E-state index is 12.2. The number of aryl methyl sites for hydroxylation is 1. The minimum absolute atomic E-state index is 0. The molecule has 0 radical (unpaired) electrons. The van der Waals surface area contributed by atoms with Gasteiger partial charge in [-0.1, -0.05) is 19.6 Å². The van der Waals surface area contributed by atoms with Crippen LogP contribution >= 0.6 is 22.6 Å². The normalized spacial score (nSPS) is 30.6. The van der Waals surface area contributed by atoms with Gasteiger partial charge in [0, 0.05) is 21.6 Å². The van der Waals surface area contributed by atoms with Gasteiger partial charge in [-0.05, 0) is 66.0 Å². The van der Waals surface area contributed by atoms with Gasteiger partial charge in [-0.2, -0.15) is 0 Å². The lowest BCUT2D eigenvalue weighted by atomic mass is 9.77. The molecule has 2 saturated heterocycles. The van der Waals surface area contributed by atoms with E-state index < -0.39 is 0 Å². The number of fused-ring (bicyclic) bond motifs is 2. The molecule has 2 aliphatic rings. The van der Waals surface area contributed by atoms with Gasteiger partial charge < -0.3 is 10.1 Å². The van der Waals surface area contributed by atoms with Crippen LogP contribution < -0.4 is 5.32 Å². The first-order chi connectivity index (χ1) is 9.60. The lowest BCUT2D eigenvalue weighted by Crippen LogP contribution is -2.48. The van der Waals surface area contributed by atoms with E-state index in [0.29, 0.717) is 6.04 Å². The van der Waals surface area contributed by atoms with Gasteiger partial charge in [-0.25, -0.2) is 0 Å². The zero-order valence-corrected chi connectivity index (χ0v) is 14.0. The summed E-state index contributed by atoms with van der Waals surface area (Å²) >= 11 is 2.37. The monoisotopic (exact) mass is 401 g/mol. The number of halogens is 1. The smallest absolute Gasteiger partial charge is 0.310 e. The average molecular weight is 401 g/mol. The fraction of sp³-hybridized carbons (Fsp3) is 0.588. The number of esters is 1. The molecule has 1 N–H and O–H groups in total. The first-order valence-electron chi connectivity index (χ1n) is 7.20. The molecule has 0 aliphatic carbocycles. The van der Waals surface area contributed by atoms with Crippen molar-refractivity contribution in [2.75, 3.05) is 7.11 Å². The fourth-order valence-corrected chi connectivity index (χ4v) is 4.24. The molecule has 2 heterocycles. The second-order valence-electron chi connectivity index (χ2n) is 5.95. The topological polar surface area (TPSA) is 38.3 Å². The molecule has 116 valence electrons. The van der Waals surface area contributed by atoms with Gasteiger partial charge in [-0.15, -0.1) is 0 Å². The molecule has 0 spiro atoms. The van der Waals surface area contributed by atoms with E-state index in [9.17, 15) is 4.79 Å². The molecule has 1 aromatic carbocycles. The van der Waals surface area contributed by atoms with Crippen LogP contribution in [0, 0.1) is 16.4 Å². The summed E-state index contributed by atoms with van der Waals surface area (Å²) in [6.45, 7) is 2.12. The maximum Gasteiger partial charge on any atom is 0.310 e. The van der Waals surface area contributed by atoms with Crippen molar-refractivity contribution >= 4 is 28.6 Å². The SMILES string of the molecule is C.COC(=O)C1C2CC[C@H](C[C@@H]1c1ccc(C)c(I)c1)N2. The van der Waals surface area contributed by atoms with Crippen molar-refractivity contribution in [1.82, 2.24) is 5.32 Å². The van der Waals surface area contributed by atoms with Gasteiger partial charge in [0.25, 0.3) is 0 Å². The number of benzene rings is 1. The molecule has 3 rings (SSSR count).